The van der Waals surface area contributed by atoms with Crippen LogP contribution in [-0.2, 0) is 4.74 Å². The van der Waals surface area contributed by atoms with Gasteiger partial charge in [0.25, 0.3) is 0 Å². The minimum absolute atomic E-state index is 0.322. The largest absolute Gasteiger partial charge is 0.783 e. The lowest BCUT2D eigenvalue weighted by Crippen LogP contribution is -2.49. The van der Waals surface area contributed by atoms with Gasteiger partial charge in [0.05, 0.1) is 6.61 Å². The van der Waals surface area contributed by atoms with Gasteiger partial charge in [-0.05, 0) is 39.5 Å². The molecule has 1 aliphatic heterocycles. The van der Waals surface area contributed by atoms with Gasteiger partial charge in [0.2, 0.25) is 0 Å². The summed E-state index contributed by atoms with van der Waals surface area (Å²) in [6, 6.07) is 0. The number of nitrogens with zero attached hydrogens (tertiary/aromatic N) is 1. The molecule has 0 unspecified atom stereocenters. The smallest absolute Gasteiger partial charge is 0.111 e. The average molecular weight is 184 g/mol. The van der Waals surface area contributed by atoms with Crippen molar-refractivity contribution in [3.05, 3.63) is 5.21 Å². The second-order valence-corrected chi connectivity index (χ2v) is 4.90. The molecule has 3 heteroatoms. The third-order valence-electron chi connectivity index (χ3n) is 3.25. The van der Waals surface area contributed by atoms with E-state index < -0.39 is 5.72 Å². The van der Waals surface area contributed by atoms with E-state index in [4.69, 9.17) is 4.74 Å². The predicted molar refractivity (Wildman–Crippen MR) is 51.1 cm³/mol. The molecular formula is C10H18NO2-. The maximum absolute atomic E-state index is 12.0. The first-order valence-corrected chi connectivity index (χ1v) is 5.18. The van der Waals surface area contributed by atoms with Gasteiger partial charge in [-0.2, -0.15) is 0 Å². The molecule has 13 heavy (non-hydrogen) atoms. The molecule has 76 valence electrons. The van der Waals surface area contributed by atoms with Crippen LogP contribution < -0.4 is 0 Å². The first-order chi connectivity index (χ1) is 6.07. The second-order valence-electron chi connectivity index (χ2n) is 4.90. The summed E-state index contributed by atoms with van der Waals surface area (Å²) in [6.45, 7) is 4.50. The number of hydrogen-bond donors (Lipinski definition) is 0. The highest BCUT2D eigenvalue weighted by Crippen LogP contribution is 2.43. The molecule has 0 atom stereocenters. The highest BCUT2D eigenvalue weighted by Gasteiger charge is 2.46. The minimum atomic E-state index is -0.457. The molecule has 1 heterocycles. The Bertz CT molecular complexity index is 197. The summed E-state index contributed by atoms with van der Waals surface area (Å²) in [5.74, 6) is 0. The SMILES string of the molecule is CC1(C)COC2(CCCCC2)N1[O-]. The van der Waals surface area contributed by atoms with Crippen LogP contribution in [0.2, 0.25) is 0 Å². The lowest BCUT2D eigenvalue weighted by molar-refractivity contribution is -0.0935. The summed E-state index contributed by atoms with van der Waals surface area (Å²) in [7, 11) is 0. The molecule has 0 aromatic carbocycles. The van der Waals surface area contributed by atoms with Crippen molar-refractivity contribution >= 4 is 0 Å². The standard InChI is InChI=1S/C10H18NO2/c1-9(2)8-13-10(11(9)12)6-4-3-5-7-10/h3-8H2,1-2H3/q-1. The summed E-state index contributed by atoms with van der Waals surface area (Å²) < 4.78 is 5.72. The van der Waals surface area contributed by atoms with Gasteiger partial charge in [-0.15, -0.1) is 0 Å². The van der Waals surface area contributed by atoms with E-state index in [2.05, 4.69) is 0 Å². The summed E-state index contributed by atoms with van der Waals surface area (Å²) in [6.07, 6.45) is 5.35. The first kappa shape index (κ1) is 9.44. The molecule has 0 N–H and O–H groups in total. The van der Waals surface area contributed by atoms with Crippen molar-refractivity contribution in [2.24, 2.45) is 0 Å². The molecule has 1 spiro atoms. The van der Waals surface area contributed by atoms with Crippen molar-refractivity contribution in [1.29, 1.82) is 0 Å². The van der Waals surface area contributed by atoms with E-state index >= 15 is 0 Å². The van der Waals surface area contributed by atoms with Crippen LogP contribution in [0, 0.1) is 5.21 Å². The molecule has 0 aromatic heterocycles. The first-order valence-electron chi connectivity index (χ1n) is 5.18. The molecule has 2 fully saturated rings. The number of hydrogen-bond acceptors (Lipinski definition) is 3. The lowest BCUT2D eigenvalue weighted by Gasteiger charge is -2.49. The molecule has 0 aromatic rings. The van der Waals surface area contributed by atoms with Crippen LogP contribution in [0.15, 0.2) is 0 Å². The monoisotopic (exact) mass is 184 g/mol. The molecular weight excluding hydrogens is 166 g/mol. The van der Waals surface area contributed by atoms with Crippen LogP contribution in [0.1, 0.15) is 46.0 Å². The quantitative estimate of drug-likeness (QED) is 0.579. The molecule has 0 bridgehead atoms. The van der Waals surface area contributed by atoms with Gasteiger partial charge in [-0.3, -0.25) is 0 Å². The van der Waals surface area contributed by atoms with Crippen molar-refractivity contribution < 1.29 is 4.74 Å². The molecule has 2 rings (SSSR count). The Hall–Kier alpha value is -0.120. The van der Waals surface area contributed by atoms with Crippen molar-refractivity contribution in [2.45, 2.75) is 57.2 Å². The molecule has 0 radical (unpaired) electrons. The van der Waals surface area contributed by atoms with Crippen molar-refractivity contribution in [3.8, 4) is 0 Å². The van der Waals surface area contributed by atoms with Crippen molar-refractivity contribution in [1.82, 2.24) is 5.06 Å². The average Bonchev–Trinajstić information content (AvgIpc) is 2.33. The zero-order valence-electron chi connectivity index (χ0n) is 8.51. The summed E-state index contributed by atoms with van der Waals surface area (Å²) >= 11 is 0. The van der Waals surface area contributed by atoms with Gasteiger partial charge in [-0.25, -0.2) is 0 Å². The third kappa shape index (κ3) is 1.39. The van der Waals surface area contributed by atoms with Crippen LogP contribution >= 0.6 is 0 Å². The van der Waals surface area contributed by atoms with Gasteiger partial charge in [0.15, 0.2) is 0 Å². The van der Waals surface area contributed by atoms with Gasteiger partial charge < -0.3 is 15.0 Å². The van der Waals surface area contributed by atoms with E-state index in [1.165, 1.54) is 11.5 Å². The topological polar surface area (TPSA) is 35.5 Å². The van der Waals surface area contributed by atoms with Crippen molar-refractivity contribution in [2.75, 3.05) is 6.61 Å². The fraction of sp³-hybridized carbons (Fsp3) is 1.00. The van der Waals surface area contributed by atoms with Crippen LogP contribution in [0.5, 0.6) is 0 Å². The van der Waals surface area contributed by atoms with E-state index in [-0.39, 0.29) is 5.54 Å². The zero-order valence-corrected chi connectivity index (χ0v) is 8.51. The molecule has 1 saturated carbocycles. The summed E-state index contributed by atoms with van der Waals surface area (Å²) in [5, 5.41) is 13.2. The molecule has 3 nitrogen and oxygen atoms in total. The van der Waals surface area contributed by atoms with E-state index in [1.54, 1.807) is 0 Å². The Morgan fingerprint density at radius 3 is 2.23 bits per heavy atom. The number of rotatable bonds is 0. The Labute approximate surface area is 79.6 Å². The maximum Gasteiger partial charge on any atom is 0.111 e. The van der Waals surface area contributed by atoms with Gasteiger partial charge >= 0.3 is 0 Å². The summed E-state index contributed by atoms with van der Waals surface area (Å²) in [4.78, 5) is 0. The number of ether oxygens (including phenoxy) is 1. The Morgan fingerprint density at radius 2 is 1.77 bits per heavy atom. The van der Waals surface area contributed by atoms with E-state index in [9.17, 15) is 5.21 Å². The van der Waals surface area contributed by atoms with E-state index in [0.29, 0.717) is 6.61 Å². The van der Waals surface area contributed by atoms with Gasteiger partial charge in [0.1, 0.15) is 5.72 Å². The molecule has 0 amide bonds. The predicted octanol–water partition coefficient (Wildman–Crippen LogP) is 2.26. The van der Waals surface area contributed by atoms with Crippen molar-refractivity contribution in [3.63, 3.8) is 0 Å². The fourth-order valence-electron chi connectivity index (χ4n) is 2.43. The minimum Gasteiger partial charge on any atom is -0.783 e. The van der Waals surface area contributed by atoms with Crippen LogP contribution in [0.3, 0.4) is 0 Å². The Morgan fingerprint density at radius 1 is 1.15 bits per heavy atom. The molecule has 1 aliphatic carbocycles. The highest BCUT2D eigenvalue weighted by molar-refractivity contribution is 4.99. The molecule has 1 saturated heterocycles. The third-order valence-corrected chi connectivity index (χ3v) is 3.25. The van der Waals surface area contributed by atoms with E-state index in [1.807, 2.05) is 13.8 Å². The van der Waals surface area contributed by atoms with E-state index in [0.717, 1.165) is 25.7 Å². The zero-order chi connectivity index (χ0) is 9.53. The van der Waals surface area contributed by atoms with Crippen LogP contribution in [0.4, 0.5) is 0 Å². The van der Waals surface area contributed by atoms with Gasteiger partial charge in [0, 0.05) is 5.54 Å². The summed E-state index contributed by atoms with van der Waals surface area (Å²) in [5.41, 5.74) is -0.779. The normalized spacial score (nSPS) is 32.5. The lowest BCUT2D eigenvalue weighted by atomic mass is 9.90. The fourth-order valence-corrected chi connectivity index (χ4v) is 2.43. The second kappa shape index (κ2) is 2.94. The molecule has 2 aliphatic rings. The maximum atomic E-state index is 12.0. The number of hydroxylamine groups is 2. The van der Waals surface area contributed by atoms with Gasteiger partial charge in [-0.1, -0.05) is 6.42 Å². The van der Waals surface area contributed by atoms with Crippen LogP contribution in [0.25, 0.3) is 0 Å². The Balaban J connectivity index is 2.15. The van der Waals surface area contributed by atoms with Crippen LogP contribution in [-0.4, -0.2) is 22.9 Å². The highest BCUT2D eigenvalue weighted by atomic mass is 16.6. The Kier molecular flexibility index (Phi) is 2.13.